The molecule has 3 rings (SSSR count). The summed E-state index contributed by atoms with van der Waals surface area (Å²) >= 11 is 0. The first-order valence-electron chi connectivity index (χ1n) is 7.43. The number of carbonyl (C=O) groups excluding carboxylic acids is 2. The van der Waals surface area contributed by atoms with Crippen LogP contribution in [0.2, 0.25) is 0 Å². The number of amides is 2. The lowest BCUT2D eigenvalue weighted by Gasteiger charge is -2.35. The normalized spacial score (nSPS) is 31.8. The van der Waals surface area contributed by atoms with Crippen molar-refractivity contribution in [3.63, 3.8) is 0 Å². The van der Waals surface area contributed by atoms with Crippen LogP contribution in [0.15, 0.2) is 12.7 Å². The summed E-state index contributed by atoms with van der Waals surface area (Å²) in [5.41, 5.74) is -1.64. The molecule has 5 heteroatoms. The maximum Gasteiger partial charge on any atom is 0.260 e. The van der Waals surface area contributed by atoms with E-state index in [1.165, 1.54) is 0 Å². The van der Waals surface area contributed by atoms with Crippen molar-refractivity contribution < 1.29 is 14.0 Å². The molecule has 2 amide bonds. The Hall–Kier alpha value is -1.39. The number of fused-ring (bicyclic) bond motifs is 1. The van der Waals surface area contributed by atoms with Crippen molar-refractivity contribution in [1.29, 1.82) is 0 Å². The Balaban J connectivity index is 1.68. The largest absolute Gasteiger partial charge is 0.339 e. The number of halogens is 1. The lowest BCUT2D eigenvalue weighted by atomic mass is 9.81. The molecule has 20 heavy (non-hydrogen) atoms. The summed E-state index contributed by atoms with van der Waals surface area (Å²) in [6.45, 7) is 5.87. The fraction of sp³-hybridized carbons (Fsp3) is 0.733. The van der Waals surface area contributed by atoms with E-state index in [2.05, 4.69) is 6.58 Å². The predicted octanol–water partition coefficient (Wildman–Crippen LogP) is 1.37. The van der Waals surface area contributed by atoms with E-state index in [9.17, 15) is 14.0 Å². The molecule has 1 aliphatic carbocycles. The van der Waals surface area contributed by atoms with Gasteiger partial charge < -0.3 is 9.80 Å². The molecule has 2 aliphatic heterocycles. The molecule has 4 nitrogen and oxygen atoms in total. The average Bonchev–Trinajstić information content (AvgIpc) is 2.83. The number of carbonyl (C=O) groups is 2. The van der Waals surface area contributed by atoms with Gasteiger partial charge in [0.15, 0.2) is 5.67 Å². The van der Waals surface area contributed by atoms with Crippen LogP contribution >= 0.6 is 0 Å². The second kappa shape index (κ2) is 4.86. The predicted molar refractivity (Wildman–Crippen MR) is 72.6 cm³/mol. The summed E-state index contributed by atoms with van der Waals surface area (Å²) in [6.07, 6.45) is 4.09. The molecule has 2 atom stereocenters. The molecule has 3 fully saturated rings. The van der Waals surface area contributed by atoms with E-state index in [1.807, 2.05) is 0 Å². The third-order valence-corrected chi connectivity index (χ3v) is 5.01. The molecule has 2 heterocycles. The summed E-state index contributed by atoms with van der Waals surface area (Å²) in [5.74, 6) is -0.230. The first kappa shape index (κ1) is 13.6. The third kappa shape index (κ3) is 2.03. The van der Waals surface area contributed by atoms with Gasteiger partial charge in [-0.25, -0.2) is 4.39 Å². The maximum absolute atomic E-state index is 14.2. The quantitative estimate of drug-likeness (QED) is 0.733. The molecule has 2 saturated heterocycles. The molecular weight excluding hydrogens is 259 g/mol. The zero-order valence-corrected chi connectivity index (χ0v) is 11.7. The summed E-state index contributed by atoms with van der Waals surface area (Å²) in [7, 11) is 0. The van der Waals surface area contributed by atoms with Gasteiger partial charge in [0, 0.05) is 26.2 Å². The van der Waals surface area contributed by atoms with Crippen molar-refractivity contribution in [3.05, 3.63) is 12.7 Å². The van der Waals surface area contributed by atoms with Gasteiger partial charge in [-0.2, -0.15) is 0 Å². The van der Waals surface area contributed by atoms with Gasteiger partial charge >= 0.3 is 0 Å². The molecular formula is C15H21FN2O2. The van der Waals surface area contributed by atoms with Gasteiger partial charge in [0.2, 0.25) is 5.91 Å². The molecule has 0 bridgehead atoms. The summed E-state index contributed by atoms with van der Waals surface area (Å²) in [5, 5.41) is 0. The lowest BCUT2D eigenvalue weighted by molar-refractivity contribution is -0.149. The van der Waals surface area contributed by atoms with Crippen LogP contribution in [0, 0.1) is 11.8 Å². The van der Waals surface area contributed by atoms with Gasteiger partial charge in [-0.15, -0.1) is 6.58 Å². The lowest BCUT2D eigenvalue weighted by Crippen LogP contribution is -2.49. The topological polar surface area (TPSA) is 40.6 Å². The highest BCUT2D eigenvalue weighted by atomic mass is 19.1. The molecule has 0 aromatic rings. The third-order valence-electron chi connectivity index (χ3n) is 5.01. The monoisotopic (exact) mass is 280 g/mol. The minimum Gasteiger partial charge on any atom is -0.339 e. The summed E-state index contributed by atoms with van der Waals surface area (Å²) in [6, 6.07) is 0. The van der Waals surface area contributed by atoms with Crippen molar-refractivity contribution in [1.82, 2.24) is 9.80 Å². The highest BCUT2D eigenvalue weighted by Crippen LogP contribution is 2.40. The van der Waals surface area contributed by atoms with Gasteiger partial charge in [0.1, 0.15) is 0 Å². The van der Waals surface area contributed by atoms with Crippen LogP contribution in [0.25, 0.3) is 0 Å². The second-order valence-corrected chi connectivity index (χ2v) is 6.26. The first-order chi connectivity index (χ1) is 9.55. The Morgan fingerprint density at radius 3 is 2.80 bits per heavy atom. The molecule has 0 aromatic heterocycles. The van der Waals surface area contributed by atoms with Gasteiger partial charge in [-0.05, 0) is 31.6 Å². The molecule has 0 radical (unpaired) electrons. The van der Waals surface area contributed by atoms with E-state index < -0.39 is 5.67 Å². The van der Waals surface area contributed by atoms with Crippen LogP contribution in [-0.2, 0) is 9.59 Å². The molecule has 0 N–H and O–H groups in total. The standard InChI is InChI=1S/C15H21FN2O2/c1-2-7-17-8-4-11-9-18(10-12(11)13(17)19)14(20)15(16)5-3-6-15/h2,11-12H,1,3-10H2. The number of rotatable bonds is 3. The number of nitrogens with zero attached hydrogens (tertiary/aromatic N) is 2. The summed E-state index contributed by atoms with van der Waals surface area (Å²) in [4.78, 5) is 27.9. The molecule has 2 unspecified atom stereocenters. The smallest absolute Gasteiger partial charge is 0.260 e. The van der Waals surface area contributed by atoms with Gasteiger partial charge in [0.25, 0.3) is 5.91 Å². The van der Waals surface area contributed by atoms with E-state index in [4.69, 9.17) is 0 Å². The highest BCUT2D eigenvalue weighted by molar-refractivity contribution is 5.88. The van der Waals surface area contributed by atoms with Crippen molar-refractivity contribution >= 4 is 11.8 Å². The zero-order valence-electron chi connectivity index (χ0n) is 11.7. The Labute approximate surface area is 118 Å². The summed E-state index contributed by atoms with van der Waals surface area (Å²) < 4.78 is 14.2. The minimum atomic E-state index is -1.64. The van der Waals surface area contributed by atoms with Crippen molar-refractivity contribution in [2.45, 2.75) is 31.4 Å². The average molecular weight is 280 g/mol. The maximum atomic E-state index is 14.2. The number of hydrogen-bond donors (Lipinski definition) is 0. The second-order valence-electron chi connectivity index (χ2n) is 6.26. The van der Waals surface area contributed by atoms with E-state index in [0.717, 1.165) is 19.4 Å². The van der Waals surface area contributed by atoms with Gasteiger partial charge in [-0.3, -0.25) is 9.59 Å². The fourth-order valence-corrected chi connectivity index (χ4v) is 3.60. The van der Waals surface area contributed by atoms with Crippen molar-refractivity contribution in [2.24, 2.45) is 11.8 Å². The Morgan fingerprint density at radius 1 is 1.45 bits per heavy atom. The number of piperidine rings is 1. The Morgan fingerprint density at radius 2 is 2.20 bits per heavy atom. The first-order valence-corrected chi connectivity index (χ1v) is 7.43. The van der Waals surface area contributed by atoms with Gasteiger partial charge in [0.05, 0.1) is 5.92 Å². The van der Waals surface area contributed by atoms with Crippen molar-refractivity contribution in [3.8, 4) is 0 Å². The number of alkyl halides is 1. The molecule has 3 aliphatic rings. The number of likely N-dealkylation sites (tertiary alicyclic amines) is 2. The number of hydrogen-bond acceptors (Lipinski definition) is 2. The highest BCUT2D eigenvalue weighted by Gasteiger charge is 2.51. The molecule has 0 spiro atoms. The van der Waals surface area contributed by atoms with Gasteiger partial charge in [-0.1, -0.05) is 6.08 Å². The van der Waals surface area contributed by atoms with E-state index in [-0.39, 0.29) is 23.7 Å². The molecule has 110 valence electrons. The van der Waals surface area contributed by atoms with E-state index in [1.54, 1.807) is 15.9 Å². The van der Waals surface area contributed by atoms with Crippen LogP contribution in [0.4, 0.5) is 4.39 Å². The minimum absolute atomic E-state index is 0.0953. The van der Waals surface area contributed by atoms with Crippen LogP contribution in [0.1, 0.15) is 25.7 Å². The Bertz CT molecular complexity index is 447. The Kier molecular flexibility index (Phi) is 3.30. The zero-order chi connectivity index (χ0) is 14.3. The van der Waals surface area contributed by atoms with Crippen LogP contribution < -0.4 is 0 Å². The van der Waals surface area contributed by atoms with Crippen LogP contribution in [0.3, 0.4) is 0 Å². The van der Waals surface area contributed by atoms with Crippen molar-refractivity contribution in [2.75, 3.05) is 26.2 Å². The van der Waals surface area contributed by atoms with E-state index >= 15 is 0 Å². The van der Waals surface area contributed by atoms with E-state index in [0.29, 0.717) is 32.5 Å². The van der Waals surface area contributed by atoms with Crippen LogP contribution in [0.5, 0.6) is 0 Å². The SMILES string of the molecule is C=CCN1CCC2CN(C(=O)C3(F)CCC3)CC2C1=O. The molecule has 1 saturated carbocycles. The van der Waals surface area contributed by atoms with Crippen LogP contribution in [-0.4, -0.2) is 53.5 Å². The molecule has 0 aromatic carbocycles. The fourth-order valence-electron chi connectivity index (χ4n) is 3.60.